The number of nitrogens with one attached hydrogen (secondary N) is 3. The largest absolute Gasteiger partial charge is 0.355 e. The van der Waals surface area contributed by atoms with Gasteiger partial charge in [0.1, 0.15) is 0 Å². The second kappa shape index (κ2) is 9.20. The minimum absolute atomic E-state index is 0.103. The van der Waals surface area contributed by atoms with Gasteiger partial charge >= 0.3 is 0 Å². The van der Waals surface area contributed by atoms with E-state index in [9.17, 15) is 14.4 Å². The number of para-hydroxylation sites is 1. The van der Waals surface area contributed by atoms with Crippen molar-refractivity contribution in [3.05, 3.63) is 29.8 Å². The molecule has 6 heteroatoms. The molecule has 0 atom stereocenters. The highest BCUT2D eigenvalue weighted by Gasteiger charge is 2.20. The van der Waals surface area contributed by atoms with E-state index >= 15 is 0 Å². The Morgan fingerprint density at radius 2 is 1.68 bits per heavy atom. The van der Waals surface area contributed by atoms with Crippen LogP contribution in [0.4, 0.5) is 5.69 Å². The molecule has 0 unspecified atom stereocenters. The number of anilines is 1. The summed E-state index contributed by atoms with van der Waals surface area (Å²) in [6.07, 6.45) is 0.143. The molecule has 0 saturated carbocycles. The van der Waals surface area contributed by atoms with Gasteiger partial charge in [-0.15, -0.1) is 0 Å². The van der Waals surface area contributed by atoms with Crippen LogP contribution in [0.2, 0.25) is 0 Å². The third-order valence-electron chi connectivity index (χ3n) is 3.44. The number of benzene rings is 1. The smallest absolute Gasteiger partial charge is 0.253 e. The van der Waals surface area contributed by atoms with Gasteiger partial charge in [0, 0.05) is 24.9 Å². The van der Waals surface area contributed by atoms with Crippen LogP contribution in [0.15, 0.2) is 24.3 Å². The highest BCUT2D eigenvalue weighted by atomic mass is 16.2. The lowest BCUT2D eigenvalue weighted by Crippen LogP contribution is -2.36. The van der Waals surface area contributed by atoms with Gasteiger partial charge in [-0.05, 0) is 18.1 Å². The van der Waals surface area contributed by atoms with Gasteiger partial charge in [0.15, 0.2) is 0 Å². The average Bonchev–Trinajstić information content (AvgIpc) is 2.52. The van der Waals surface area contributed by atoms with E-state index in [1.165, 1.54) is 0 Å². The fourth-order valence-corrected chi connectivity index (χ4v) is 1.95. The number of hydrogen-bond acceptors (Lipinski definition) is 3. The lowest BCUT2D eigenvalue weighted by atomic mass is 9.96. The van der Waals surface area contributed by atoms with E-state index in [-0.39, 0.29) is 30.7 Å². The fraction of sp³-hybridized carbons (Fsp3) is 0.526. The Labute approximate surface area is 149 Å². The summed E-state index contributed by atoms with van der Waals surface area (Å²) in [6.45, 7) is 10.3. The van der Waals surface area contributed by atoms with E-state index in [2.05, 4.69) is 16.0 Å². The fourth-order valence-electron chi connectivity index (χ4n) is 1.95. The molecule has 138 valence electrons. The van der Waals surface area contributed by atoms with Crippen molar-refractivity contribution in [3.63, 3.8) is 0 Å². The molecular weight excluding hydrogens is 318 g/mol. The summed E-state index contributed by atoms with van der Waals surface area (Å²) in [4.78, 5) is 36.1. The van der Waals surface area contributed by atoms with Gasteiger partial charge < -0.3 is 16.0 Å². The molecule has 1 rings (SSSR count). The zero-order valence-electron chi connectivity index (χ0n) is 15.7. The summed E-state index contributed by atoms with van der Waals surface area (Å²) < 4.78 is 0. The van der Waals surface area contributed by atoms with Gasteiger partial charge in [0.2, 0.25) is 11.8 Å². The topological polar surface area (TPSA) is 87.3 Å². The normalized spacial score (nSPS) is 11.1. The monoisotopic (exact) mass is 347 g/mol. The summed E-state index contributed by atoms with van der Waals surface area (Å²) in [7, 11) is 0. The molecule has 1 aromatic carbocycles. The molecule has 6 nitrogen and oxygen atoms in total. The summed E-state index contributed by atoms with van der Waals surface area (Å²) in [5.74, 6) is -0.227. The van der Waals surface area contributed by atoms with Crippen LogP contribution in [0, 0.1) is 11.3 Å². The van der Waals surface area contributed by atoms with E-state index in [1.807, 2.05) is 34.6 Å². The quantitative estimate of drug-likeness (QED) is 0.708. The molecule has 0 saturated heterocycles. The molecule has 0 aliphatic rings. The van der Waals surface area contributed by atoms with Gasteiger partial charge in [-0.25, -0.2) is 0 Å². The second-order valence-electron chi connectivity index (χ2n) is 7.45. The second-order valence-corrected chi connectivity index (χ2v) is 7.45. The first-order valence-electron chi connectivity index (χ1n) is 8.56. The molecule has 0 fully saturated rings. The van der Waals surface area contributed by atoms with Crippen molar-refractivity contribution >= 4 is 23.4 Å². The van der Waals surface area contributed by atoms with Crippen molar-refractivity contribution in [1.82, 2.24) is 10.6 Å². The molecule has 0 aliphatic carbocycles. The van der Waals surface area contributed by atoms with Crippen molar-refractivity contribution in [1.29, 1.82) is 0 Å². The average molecular weight is 347 g/mol. The predicted molar refractivity (Wildman–Crippen MR) is 99.3 cm³/mol. The van der Waals surface area contributed by atoms with Crippen molar-refractivity contribution in [2.75, 3.05) is 18.4 Å². The zero-order chi connectivity index (χ0) is 19.0. The van der Waals surface area contributed by atoms with E-state index in [0.29, 0.717) is 23.7 Å². The molecule has 0 aliphatic heterocycles. The molecule has 0 spiro atoms. The SMILES string of the molecule is CC(C)CNC(=O)c1ccccc1NC(=O)CCNC(=O)C(C)(C)C. The van der Waals surface area contributed by atoms with Crippen molar-refractivity contribution < 1.29 is 14.4 Å². The summed E-state index contributed by atoms with van der Waals surface area (Å²) in [6, 6.07) is 6.88. The Bertz CT molecular complexity index is 619. The highest BCUT2D eigenvalue weighted by molar-refractivity contribution is 6.03. The van der Waals surface area contributed by atoms with E-state index in [1.54, 1.807) is 24.3 Å². The van der Waals surface area contributed by atoms with Crippen LogP contribution in [0.3, 0.4) is 0 Å². The van der Waals surface area contributed by atoms with E-state index in [0.717, 1.165) is 0 Å². The van der Waals surface area contributed by atoms with Crippen LogP contribution in [0.1, 0.15) is 51.4 Å². The van der Waals surface area contributed by atoms with Crippen LogP contribution < -0.4 is 16.0 Å². The summed E-state index contributed by atoms with van der Waals surface area (Å²) in [5, 5.41) is 8.31. The van der Waals surface area contributed by atoms with Crippen LogP contribution >= 0.6 is 0 Å². The molecule has 3 amide bonds. The summed E-state index contributed by atoms with van der Waals surface area (Å²) in [5.41, 5.74) is 0.406. The van der Waals surface area contributed by atoms with Crippen LogP contribution in [-0.4, -0.2) is 30.8 Å². The third-order valence-corrected chi connectivity index (χ3v) is 3.44. The van der Waals surface area contributed by atoms with E-state index in [4.69, 9.17) is 0 Å². The number of amides is 3. The van der Waals surface area contributed by atoms with Gasteiger partial charge in [0.25, 0.3) is 5.91 Å². The molecule has 0 aromatic heterocycles. The first-order chi connectivity index (χ1) is 11.6. The molecule has 0 radical (unpaired) electrons. The Hall–Kier alpha value is -2.37. The van der Waals surface area contributed by atoms with Crippen LogP contribution in [0.25, 0.3) is 0 Å². The molecule has 25 heavy (non-hydrogen) atoms. The van der Waals surface area contributed by atoms with Crippen molar-refractivity contribution in [2.45, 2.75) is 41.0 Å². The number of hydrogen-bond donors (Lipinski definition) is 3. The summed E-state index contributed by atoms with van der Waals surface area (Å²) >= 11 is 0. The maximum Gasteiger partial charge on any atom is 0.253 e. The minimum Gasteiger partial charge on any atom is -0.355 e. The van der Waals surface area contributed by atoms with Crippen molar-refractivity contribution in [3.8, 4) is 0 Å². The lowest BCUT2D eigenvalue weighted by Gasteiger charge is -2.17. The first kappa shape index (κ1) is 20.7. The molecule has 0 heterocycles. The Morgan fingerprint density at radius 3 is 2.28 bits per heavy atom. The zero-order valence-corrected chi connectivity index (χ0v) is 15.7. The maximum atomic E-state index is 12.2. The molecule has 0 bridgehead atoms. The molecule has 3 N–H and O–H groups in total. The predicted octanol–water partition coefficient (Wildman–Crippen LogP) is 2.56. The van der Waals surface area contributed by atoms with Crippen LogP contribution in [0.5, 0.6) is 0 Å². The number of rotatable bonds is 7. The maximum absolute atomic E-state index is 12.2. The number of carbonyl (C=O) groups excluding carboxylic acids is 3. The standard InChI is InChI=1S/C19H29N3O3/c1-13(2)12-21-17(24)14-8-6-7-9-15(14)22-16(23)10-11-20-18(25)19(3,4)5/h6-9,13H,10-12H2,1-5H3,(H,20,25)(H,21,24)(H,22,23). The molecule has 1 aromatic rings. The Balaban J connectivity index is 2.60. The van der Waals surface area contributed by atoms with Gasteiger partial charge in [-0.2, -0.15) is 0 Å². The molecular formula is C19H29N3O3. The van der Waals surface area contributed by atoms with Gasteiger partial charge in [0.05, 0.1) is 11.3 Å². The Kier molecular flexibility index (Phi) is 7.61. The van der Waals surface area contributed by atoms with Crippen LogP contribution in [-0.2, 0) is 9.59 Å². The van der Waals surface area contributed by atoms with Crippen molar-refractivity contribution in [2.24, 2.45) is 11.3 Å². The Morgan fingerprint density at radius 1 is 1.04 bits per heavy atom. The van der Waals surface area contributed by atoms with Gasteiger partial charge in [-0.3, -0.25) is 14.4 Å². The highest BCUT2D eigenvalue weighted by Crippen LogP contribution is 2.15. The van der Waals surface area contributed by atoms with Gasteiger partial charge in [-0.1, -0.05) is 46.8 Å². The first-order valence-corrected chi connectivity index (χ1v) is 8.56. The third kappa shape index (κ3) is 7.37. The minimum atomic E-state index is -0.489. The number of carbonyl (C=O) groups is 3. The lowest BCUT2D eigenvalue weighted by molar-refractivity contribution is -0.128. The van der Waals surface area contributed by atoms with E-state index < -0.39 is 5.41 Å².